The Hall–Kier alpha value is -1.36. The lowest BCUT2D eigenvalue weighted by atomic mass is 10.3. The second-order valence-electron chi connectivity index (χ2n) is 3.46. The molecule has 5 heteroatoms. The second-order valence-corrected chi connectivity index (χ2v) is 3.46. The molecule has 0 aromatic carbocycles. The maximum atomic E-state index is 11.8. The topological polar surface area (TPSA) is 66.6 Å². The lowest BCUT2D eigenvalue weighted by molar-refractivity contribution is 0.0733. The van der Waals surface area contributed by atoms with Crippen molar-refractivity contribution in [3.05, 3.63) is 17.8 Å². The van der Waals surface area contributed by atoms with Gasteiger partial charge in [-0.05, 0) is 13.3 Å². The Kier molecular flexibility index (Phi) is 2.25. The van der Waals surface area contributed by atoms with Crippen LogP contribution in [0.25, 0.3) is 0 Å². The van der Waals surface area contributed by atoms with Gasteiger partial charge in [-0.2, -0.15) is 0 Å². The van der Waals surface area contributed by atoms with Crippen LogP contribution in [0.1, 0.15) is 22.7 Å². The fourth-order valence-electron chi connectivity index (χ4n) is 1.58. The fraction of sp³-hybridized carbons (Fsp3) is 0.556. The standard InChI is InChI=1S/C9H12N2O3/c1-6-8(14-5-10-6)9(13)11-3-2-7(12)4-11/h5,7,12H,2-4H2,1H3/t7-/m0/s1. The van der Waals surface area contributed by atoms with E-state index >= 15 is 0 Å². The van der Waals surface area contributed by atoms with Gasteiger partial charge in [0.25, 0.3) is 5.91 Å². The number of aliphatic hydroxyl groups excluding tert-OH is 1. The maximum absolute atomic E-state index is 11.8. The molecule has 0 unspecified atom stereocenters. The molecular formula is C9H12N2O3. The molecule has 2 rings (SSSR count). The molecule has 0 bridgehead atoms. The van der Waals surface area contributed by atoms with Gasteiger partial charge in [-0.15, -0.1) is 0 Å². The minimum Gasteiger partial charge on any atom is -0.438 e. The highest BCUT2D eigenvalue weighted by molar-refractivity contribution is 5.92. The van der Waals surface area contributed by atoms with Gasteiger partial charge in [-0.1, -0.05) is 0 Å². The van der Waals surface area contributed by atoms with E-state index in [0.29, 0.717) is 25.2 Å². The van der Waals surface area contributed by atoms with Crippen LogP contribution in [-0.2, 0) is 0 Å². The van der Waals surface area contributed by atoms with E-state index in [2.05, 4.69) is 4.98 Å². The molecule has 0 aliphatic carbocycles. The van der Waals surface area contributed by atoms with Crippen molar-refractivity contribution in [2.45, 2.75) is 19.4 Å². The van der Waals surface area contributed by atoms with Gasteiger partial charge in [-0.3, -0.25) is 4.79 Å². The zero-order valence-electron chi connectivity index (χ0n) is 7.93. The number of β-amino-alcohol motifs (C(OH)–C–C–N with tert-alkyl or cyclic N) is 1. The van der Waals surface area contributed by atoms with Crippen molar-refractivity contribution in [1.82, 2.24) is 9.88 Å². The zero-order valence-corrected chi connectivity index (χ0v) is 7.93. The summed E-state index contributed by atoms with van der Waals surface area (Å²) in [6.45, 7) is 2.70. The number of oxazole rings is 1. The molecule has 1 aromatic heterocycles. The number of aliphatic hydroxyl groups is 1. The Labute approximate surface area is 81.3 Å². The van der Waals surface area contributed by atoms with E-state index in [-0.39, 0.29) is 11.7 Å². The van der Waals surface area contributed by atoms with E-state index in [1.807, 2.05) is 0 Å². The van der Waals surface area contributed by atoms with Gasteiger partial charge in [0.15, 0.2) is 6.39 Å². The first kappa shape index (κ1) is 9.21. The summed E-state index contributed by atoms with van der Waals surface area (Å²) in [5, 5.41) is 9.28. The number of aromatic nitrogens is 1. The number of nitrogens with zero attached hydrogens (tertiary/aromatic N) is 2. The molecule has 14 heavy (non-hydrogen) atoms. The number of likely N-dealkylation sites (tertiary alicyclic amines) is 1. The predicted octanol–water partition coefficient (Wildman–Crippen LogP) is 0.190. The largest absolute Gasteiger partial charge is 0.438 e. The smallest absolute Gasteiger partial charge is 0.291 e. The van der Waals surface area contributed by atoms with Crippen molar-refractivity contribution in [2.24, 2.45) is 0 Å². The zero-order chi connectivity index (χ0) is 10.1. The molecule has 1 saturated heterocycles. The third-order valence-electron chi connectivity index (χ3n) is 2.39. The molecule has 76 valence electrons. The van der Waals surface area contributed by atoms with Crippen LogP contribution in [0.2, 0.25) is 0 Å². The Morgan fingerprint density at radius 1 is 1.79 bits per heavy atom. The number of hydrogen-bond donors (Lipinski definition) is 1. The maximum Gasteiger partial charge on any atom is 0.291 e. The van der Waals surface area contributed by atoms with E-state index in [4.69, 9.17) is 4.42 Å². The van der Waals surface area contributed by atoms with E-state index in [1.54, 1.807) is 11.8 Å². The van der Waals surface area contributed by atoms with Crippen molar-refractivity contribution in [1.29, 1.82) is 0 Å². The normalized spacial score (nSPS) is 21.6. The molecule has 1 N–H and O–H groups in total. The molecule has 2 heterocycles. The van der Waals surface area contributed by atoms with Crippen molar-refractivity contribution in [3.63, 3.8) is 0 Å². The van der Waals surface area contributed by atoms with Gasteiger partial charge >= 0.3 is 0 Å². The van der Waals surface area contributed by atoms with Gasteiger partial charge < -0.3 is 14.4 Å². The quantitative estimate of drug-likeness (QED) is 0.696. The SMILES string of the molecule is Cc1ncoc1C(=O)N1CC[C@H](O)C1. The number of carbonyl (C=O) groups is 1. The van der Waals surface area contributed by atoms with E-state index in [9.17, 15) is 9.90 Å². The average molecular weight is 196 g/mol. The van der Waals surface area contributed by atoms with Crippen LogP contribution in [0.3, 0.4) is 0 Å². The van der Waals surface area contributed by atoms with Crippen molar-refractivity contribution >= 4 is 5.91 Å². The number of hydrogen-bond acceptors (Lipinski definition) is 4. The van der Waals surface area contributed by atoms with Gasteiger partial charge in [0.05, 0.1) is 11.8 Å². The van der Waals surface area contributed by atoms with Crippen molar-refractivity contribution in [3.8, 4) is 0 Å². The average Bonchev–Trinajstić information content (AvgIpc) is 2.73. The third-order valence-corrected chi connectivity index (χ3v) is 2.39. The predicted molar refractivity (Wildman–Crippen MR) is 47.8 cm³/mol. The molecule has 1 atom stereocenters. The molecule has 1 aliphatic rings. The summed E-state index contributed by atoms with van der Waals surface area (Å²) in [7, 11) is 0. The third kappa shape index (κ3) is 1.50. The van der Waals surface area contributed by atoms with Crippen LogP contribution in [-0.4, -0.2) is 40.1 Å². The second kappa shape index (κ2) is 3.42. The van der Waals surface area contributed by atoms with Crippen molar-refractivity contribution in [2.75, 3.05) is 13.1 Å². The minimum atomic E-state index is -0.401. The molecule has 1 aromatic rings. The first-order chi connectivity index (χ1) is 6.68. The van der Waals surface area contributed by atoms with E-state index in [1.165, 1.54) is 6.39 Å². The Bertz CT molecular complexity index is 348. The van der Waals surface area contributed by atoms with Crippen LogP contribution >= 0.6 is 0 Å². The summed E-state index contributed by atoms with van der Waals surface area (Å²) in [5.41, 5.74) is 0.594. The molecule has 0 radical (unpaired) electrons. The Morgan fingerprint density at radius 3 is 3.07 bits per heavy atom. The lowest BCUT2D eigenvalue weighted by Gasteiger charge is -2.13. The van der Waals surface area contributed by atoms with Gasteiger partial charge in [0.2, 0.25) is 5.76 Å². The van der Waals surface area contributed by atoms with Crippen LogP contribution in [0.4, 0.5) is 0 Å². The summed E-state index contributed by atoms with van der Waals surface area (Å²) >= 11 is 0. The molecule has 0 spiro atoms. The highest BCUT2D eigenvalue weighted by Crippen LogP contribution is 2.15. The van der Waals surface area contributed by atoms with Crippen LogP contribution in [0.5, 0.6) is 0 Å². The molecule has 1 amide bonds. The van der Waals surface area contributed by atoms with Gasteiger partial charge in [0.1, 0.15) is 0 Å². The number of aryl methyl sites for hydroxylation is 1. The molecule has 1 fully saturated rings. The minimum absolute atomic E-state index is 0.184. The first-order valence-corrected chi connectivity index (χ1v) is 4.56. The van der Waals surface area contributed by atoms with E-state index in [0.717, 1.165) is 0 Å². The molecule has 0 saturated carbocycles. The summed E-state index contributed by atoms with van der Waals surface area (Å²) in [4.78, 5) is 17.2. The van der Waals surface area contributed by atoms with Crippen LogP contribution in [0, 0.1) is 6.92 Å². The van der Waals surface area contributed by atoms with Crippen LogP contribution in [0.15, 0.2) is 10.8 Å². The Balaban J connectivity index is 2.13. The molecule has 1 aliphatic heterocycles. The summed E-state index contributed by atoms with van der Waals surface area (Å²) < 4.78 is 4.99. The monoisotopic (exact) mass is 196 g/mol. The molecular weight excluding hydrogens is 184 g/mol. The summed E-state index contributed by atoms with van der Waals surface area (Å²) in [6.07, 6.45) is 1.50. The number of carbonyl (C=O) groups excluding carboxylic acids is 1. The number of rotatable bonds is 1. The fourth-order valence-corrected chi connectivity index (χ4v) is 1.58. The summed E-state index contributed by atoms with van der Waals surface area (Å²) in [5.74, 6) is 0.0932. The highest BCUT2D eigenvalue weighted by Gasteiger charge is 2.28. The van der Waals surface area contributed by atoms with Gasteiger partial charge in [0, 0.05) is 13.1 Å². The van der Waals surface area contributed by atoms with Gasteiger partial charge in [-0.25, -0.2) is 4.98 Å². The molecule has 5 nitrogen and oxygen atoms in total. The highest BCUT2D eigenvalue weighted by atomic mass is 16.4. The Morgan fingerprint density at radius 2 is 2.57 bits per heavy atom. The van der Waals surface area contributed by atoms with Crippen LogP contribution < -0.4 is 0 Å². The first-order valence-electron chi connectivity index (χ1n) is 4.56. The summed E-state index contributed by atoms with van der Waals surface area (Å²) in [6, 6.07) is 0. The lowest BCUT2D eigenvalue weighted by Crippen LogP contribution is -2.29. The number of amides is 1. The van der Waals surface area contributed by atoms with E-state index < -0.39 is 6.10 Å². The van der Waals surface area contributed by atoms with Crippen molar-refractivity contribution < 1.29 is 14.3 Å².